The molecule has 7 rings (SSSR count). The Morgan fingerprint density at radius 1 is 1.02 bits per heavy atom. The van der Waals surface area contributed by atoms with Gasteiger partial charge in [-0.3, -0.25) is 14.5 Å². The van der Waals surface area contributed by atoms with Gasteiger partial charge in [-0.05, 0) is 69.0 Å². The molecular weight excluding hydrogens is 620 g/mol. The number of hydrogen-bond donors (Lipinski definition) is 1. The molecule has 2 aliphatic heterocycles. The smallest absolute Gasteiger partial charge is 0.280 e. The number of carbonyl (C=O) groups excluding carboxylic acids is 1. The number of carbonyl (C=O) groups is 1. The number of nitrogens with zero attached hydrogens (tertiary/aromatic N) is 5. The number of sulfonamides is 1. The van der Waals surface area contributed by atoms with Gasteiger partial charge in [0.15, 0.2) is 5.03 Å². The minimum absolute atomic E-state index is 0. The van der Waals surface area contributed by atoms with E-state index >= 15 is 0 Å². The van der Waals surface area contributed by atoms with Gasteiger partial charge in [0.1, 0.15) is 5.69 Å². The van der Waals surface area contributed by atoms with E-state index in [0.29, 0.717) is 6.61 Å². The van der Waals surface area contributed by atoms with Crippen molar-refractivity contribution >= 4 is 62.0 Å². The minimum Gasteiger partial charge on any atom is -0.476 e. The molecular formula is C31H35ClN6O4S2. The number of thiazole rings is 1. The molecule has 1 saturated heterocycles. The number of benzene rings is 1. The van der Waals surface area contributed by atoms with Crippen molar-refractivity contribution in [2.24, 2.45) is 0 Å². The van der Waals surface area contributed by atoms with Crippen LogP contribution in [0.3, 0.4) is 0 Å². The van der Waals surface area contributed by atoms with Gasteiger partial charge in [0, 0.05) is 41.7 Å². The van der Waals surface area contributed by atoms with Crippen LogP contribution >= 0.6 is 23.7 Å². The quantitative estimate of drug-likeness (QED) is 0.231. The van der Waals surface area contributed by atoms with Crippen molar-refractivity contribution in [1.82, 2.24) is 19.9 Å². The summed E-state index contributed by atoms with van der Waals surface area (Å²) in [5, 5.41) is 2.38. The van der Waals surface area contributed by atoms with Crippen LogP contribution in [0.25, 0.3) is 22.0 Å². The molecule has 3 aliphatic rings. The number of ether oxygens (including phenoxy) is 1. The Kier molecular flexibility index (Phi) is 8.53. The number of nitrogens with one attached hydrogen (secondary N) is 1. The van der Waals surface area contributed by atoms with E-state index in [2.05, 4.69) is 24.6 Å². The van der Waals surface area contributed by atoms with Crippen molar-refractivity contribution in [3.8, 4) is 17.0 Å². The van der Waals surface area contributed by atoms with Gasteiger partial charge in [-0.1, -0.05) is 18.9 Å². The molecule has 232 valence electrons. The summed E-state index contributed by atoms with van der Waals surface area (Å²) in [6.45, 7) is 3.58. The number of likely N-dealkylation sites (N-methyl/N-ethyl adjacent to an activating group) is 1. The summed E-state index contributed by atoms with van der Waals surface area (Å²) in [6, 6.07) is 7.70. The number of amides is 1. The summed E-state index contributed by atoms with van der Waals surface area (Å²) in [5.74, 6) is 0.362. The molecule has 1 aromatic carbocycles. The van der Waals surface area contributed by atoms with E-state index in [9.17, 15) is 13.2 Å². The topological polar surface area (TPSA) is 118 Å². The average molecular weight is 655 g/mol. The molecule has 5 heterocycles. The van der Waals surface area contributed by atoms with Crippen molar-refractivity contribution in [3.63, 3.8) is 0 Å². The van der Waals surface area contributed by atoms with E-state index in [-0.39, 0.29) is 34.9 Å². The van der Waals surface area contributed by atoms with Gasteiger partial charge in [-0.2, -0.15) is 8.42 Å². The first kappa shape index (κ1) is 30.7. The van der Waals surface area contributed by atoms with Crippen molar-refractivity contribution in [1.29, 1.82) is 0 Å². The van der Waals surface area contributed by atoms with Crippen molar-refractivity contribution in [2.75, 3.05) is 42.9 Å². The van der Waals surface area contributed by atoms with Crippen LogP contribution in [0.4, 0.5) is 11.4 Å². The summed E-state index contributed by atoms with van der Waals surface area (Å²) in [4.78, 5) is 30.7. The van der Waals surface area contributed by atoms with E-state index in [1.54, 1.807) is 23.4 Å². The fourth-order valence-electron chi connectivity index (χ4n) is 6.62. The van der Waals surface area contributed by atoms with Crippen LogP contribution in [-0.2, 0) is 20.2 Å². The Balaban J connectivity index is 0.00000343. The Labute approximate surface area is 267 Å². The van der Waals surface area contributed by atoms with Crippen LogP contribution in [0.5, 0.6) is 5.88 Å². The maximum atomic E-state index is 13.3. The van der Waals surface area contributed by atoms with Crippen LogP contribution < -0.4 is 14.4 Å². The number of hydrogen-bond acceptors (Lipinski definition) is 9. The Morgan fingerprint density at radius 3 is 2.57 bits per heavy atom. The molecule has 2 fully saturated rings. The standard InChI is InChI=1S/C31H34N6O4S2.ClH/c1-36-26-18-32-24-8-7-21(15-23(24)28(26)31(30(36)38)9-5-10-31)22-16-25(35-43(39,40)27-19-42-20-34-27)29(33-17-22)41-14-6-13-37-11-3-2-4-12-37;/h7-8,15-20,35H,2-6,9-14H2,1H3;1H. The number of halogens is 1. The maximum Gasteiger partial charge on any atom is 0.280 e. The first-order chi connectivity index (χ1) is 20.9. The molecule has 1 spiro atoms. The summed E-state index contributed by atoms with van der Waals surface area (Å²) < 4.78 is 35.1. The molecule has 0 atom stereocenters. The highest BCUT2D eigenvalue weighted by molar-refractivity contribution is 7.92. The second-order valence-electron chi connectivity index (χ2n) is 11.7. The van der Waals surface area contributed by atoms with Crippen LogP contribution in [-0.4, -0.2) is 67.5 Å². The van der Waals surface area contributed by atoms with E-state index in [0.717, 1.165) is 78.6 Å². The Morgan fingerprint density at radius 2 is 1.84 bits per heavy atom. The lowest BCUT2D eigenvalue weighted by Gasteiger charge is -2.37. The zero-order valence-electron chi connectivity index (χ0n) is 24.5. The van der Waals surface area contributed by atoms with E-state index in [4.69, 9.17) is 4.74 Å². The monoisotopic (exact) mass is 654 g/mol. The molecule has 1 N–H and O–H groups in total. The number of likely N-dealkylation sites (tertiary alicyclic amines) is 1. The van der Waals surface area contributed by atoms with Crippen molar-refractivity contribution < 1.29 is 17.9 Å². The SMILES string of the molecule is CN1C(=O)C2(CCC2)c2c1cnc1ccc(-c3cnc(OCCCN4CCCCC4)c(NS(=O)(=O)c4cscn4)c3)cc21.Cl. The average Bonchev–Trinajstić information content (AvgIpc) is 3.63. The van der Waals surface area contributed by atoms with Crippen molar-refractivity contribution in [2.45, 2.75) is 55.4 Å². The molecule has 1 amide bonds. The van der Waals surface area contributed by atoms with Crippen molar-refractivity contribution in [3.05, 3.63) is 53.1 Å². The predicted octanol–water partition coefficient (Wildman–Crippen LogP) is 5.63. The lowest BCUT2D eigenvalue weighted by molar-refractivity contribution is -0.125. The Hall–Kier alpha value is -3.32. The third-order valence-electron chi connectivity index (χ3n) is 9.03. The molecule has 1 aliphatic carbocycles. The van der Waals surface area contributed by atoms with Crippen LogP contribution in [0, 0.1) is 0 Å². The summed E-state index contributed by atoms with van der Waals surface area (Å²) in [5.41, 5.74) is 5.55. The number of pyridine rings is 2. The second-order valence-corrected chi connectivity index (χ2v) is 14.0. The summed E-state index contributed by atoms with van der Waals surface area (Å²) >= 11 is 1.21. The van der Waals surface area contributed by atoms with Gasteiger partial charge in [-0.15, -0.1) is 23.7 Å². The molecule has 0 radical (unpaired) electrons. The first-order valence-electron chi connectivity index (χ1n) is 14.8. The normalized spacial score (nSPS) is 17.8. The maximum absolute atomic E-state index is 13.3. The number of piperidine rings is 1. The molecule has 10 nitrogen and oxygen atoms in total. The van der Waals surface area contributed by atoms with Gasteiger partial charge < -0.3 is 14.5 Å². The lowest BCUT2D eigenvalue weighted by Crippen LogP contribution is -2.43. The zero-order chi connectivity index (χ0) is 29.6. The van der Waals surface area contributed by atoms with Crippen LogP contribution in [0.1, 0.15) is 50.5 Å². The highest BCUT2D eigenvalue weighted by Gasteiger charge is 2.54. The number of fused-ring (bicyclic) bond motifs is 4. The highest BCUT2D eigenvalue weighted by atomic mass is 35.5. The fraction of sp³-hybridized carbons (Fsp3) is 0.419. The molecule has 1 saturated carbocycles. The van der Waals surface area contributed by atoms with Gasteiger partial charge in [0.2, 0.25) is 11.8 Å². The van der Waals surface area contributed by atoms with E-state index < -0.39 is 15.4 Å². The summed E-state index contributed by atoms with van der Waals surface area (Å²) in [7, 11) is -2.12. The lowest BCUT2D eigenvalue weighted by atomic mass is 9.64. The van der Waals surface area contributed by atoms with Crippen LogP contribution in [0.15, 0.2) is 52.6 Å². The van der Waals surface area contributed by atoms with Crippen LogP contribution in [0.2, 0.25) is 0 Å². The number of rotatable bonds is 9. The predicted molar refractivity (Wildman–Crippen MR) is 174 cm³/mol. The first-order valence-corrected chi connectivity index (χ1v) is 17.3. The number of anilines is 2. The van der Waals surface area contributed by atoms with Gasteiger partial charge in [-0.25, -0.2) is 9.97 Å². The molecule has 3 aromatic heterocycles. The largest absolute Gasteiger partial charge is 0.476 e. The Bertz CT molecular complexity index is 1790. The fourth-order valence-corrected chi connectivity index (χ4v) is 8.50. The highest BCUT2D eigenvalue weighted by Crippen LogP contribution is 2.55. The third-order valence-corrected chi connectivity index (χ3v) is 11.0. The van der Waals surface area contributed by atoms with Gasteiger partial charge in [0.25, 0.3) is 10.0 Å². The minimum atomic E-state index is -3.94. The van der Waals surface area contributed by atoms with E-state index in [1.807, 2.05) is 25.2 Å². The zero-order valence-corrected chi connectivity index (χ0v) is 26.9. The van der Waals surface area contributed by atoms with E-state index in [1.165, 1.54) is 41.5 Å². The van der Waals surface area contributed by atoms with Gasteiger partial charge in [0.05, 0.1) is 34.9 Å². The molecule has 13 heteroatoms. The second kappa shape index (κ2) is 12.2. The third kappa shape index (κ3) is 5.42. The molecule has 0 bridgehead atoms. The molecule has 4 aromatic rings. The number of aromatic nitrogens is 3. The molecule has 0 unspecified atom stereocenters. The summed E-state index contributed by atoms with van der Waals surface area (Å²) in [6.07, 6.45) is 10.8. The molecule has 44 heavy (non-hydrogen) atoms. The van der Waals surface area contributed by atoms with Gasteiger partial charge >= 0.3 is 0 Å².